The monoisotopic (exact) mass is 485 g/mol. The first-order chi connectivity index (χ1) is 14.4. The zero-order chi connectivity index (χ0) is 21.3. The number of amides is 1. The standard InChI is InChI=1S/C21H17BrFN5OS/c1-12-3-8-18(17(22)9-12)27-20(29)13(2)30-21-16-10-26-28(19(16)24-11-25-21)15-6-4-14(23)5-7-15/h3-11,13H,1-2H3,(H,27,29). The molecule has 0 aliphatic carbocycles. The molecule has 0 aliphatic heterocycles. The molecule has 30 heavy (non-hydrogen) atoms. The predicted molar refractivity (Wildman–Crippen MR) is 119 cm³/mol. The lowest BCUT2D eigenvalue weighted by Crippen LogP contribution is -2.22. The van der Waals surface area contributed by atoms with E-state index in [4.69, 9.17) is 0 Å². The zero-order valence-electron chi connectivity index (χ0n) is 16.1. The van der Waals surface area contributed by atoms with E-state index >= 15 is 0 Å². The Hall–Kier alpha value is -2.78. The van der Waals surface area contributed by atoms with Gasteiger partial charge in [0.1, 0.15) is 17.2 Å². The van der Waals surface area contributed by atoms with Gasteiger partial charge in [-0.25, -0.2) is 19.0 Å². The first-order valence-electron chi connectivity index (χ1n) is 9.11. The van der Waals surface area contributed by atoms with E-state index in [0.29, 0.717) is 16.4 Å². The molecule has 6 nitrogen and oxygen atoms in total. The summed E-state index contributed by atoms with van der Waals surface area (Å²) in [5.41, 5.74) is 3.10. The molecule has 4 rings (SSSR count). The number of halogens is 2. The molecular weight excluding hydrogens is 469 g/mol. The Morgan fingerprint density at radius 2 is 1.97 bits per heavy atom. The maximum atomic E-state index is 13.2. The summed E-state index contributed by atoms with van der Waals surface area (Å²) in [7, 11) is 0. The summed E-state index contributed by atoms with van der Waals surface area (Å²) < 4.78 is 15.7. The van der Waals surface area contributed by atoms with Crippen LogP contribution in [0.15, 0.2) is 64.5 Å². The molecule has 1 N–H and O–H groups in total. The van der Waals surface area contributed by atoms with E-state index in [1.165, 1.54) is 30.2 Å². The number of hydrogen-bond donors (Lipinski definition) is 1. The van der Waals surface area contributed by atoms with Crippen molar-refractivity contribution >= 4 is 50.3 Å². The van der Waals surface area contributed by atoms with Crippen molar-refractivity contribution in [2.45, 2.75) is 24.1 Å². The van der Waals surface area contributed by atoms with E-state index in [2.05, 4.69) is 36.3 Å². The van der Waals surface area contributed by atoms with Crippen molar-refractivity contribution in [2.24, 2.45) is 0 Å². The SMILES string of the molecule is Cc1ccc(NC(=O)C(C)Sc2ncnc3c2cnn3-c2ccc(F)cc2)c(Br)c1. The highest BCUT2D eigenvalue weighted by molar-refractivity contribution is 9.10. The molecule has 1 unspecified atom stereocenters. The van der Waals surface area contributed by atoms with Crippen molar-refractivity contribution in [3.05, 3.63) is 70.8 Å². The first kappa shape index (κ1) is 20.5. The lowest BCUT2D eigenvalue weighted by molar-refractivity contribution is -0.115. The van der Waals surface area contributed by atoms with Crippen LogP contribution in [0.2, 0.25) is 0 Å². The van der Waals surface area contributed by atoms with Gasteiger partial charge in [0.25, 0.3) is 0 Å². The molecule has 9 heteroatoms. The number of thioether (sulfide) groups is 1. The minimum Gasteiger partial charge on any atom is -0.324 e. The molecule has 1 atom stereocenters. The van der Waals surface area contributed by atoms with Gasteiger partial charge in [0, 0.05) is 4.47 Å². The number of anilines is 1. The van der Waals surface area contributed by atoms with Gasteiger partial charge in [0.2, 0.25) is 5.91 Å². The highest BCUT2D eigenvalue weighted by Gasteiger charge is 2.19. The largest absolute Gasteiger partial charge is 0.324 e. The Labute approximate surface area is 185 Å². The summed E-state index contributed by atoms with van der Waals surface area (Å²) in [6.45, 7) is 3.81. The number of hydrogen-bond acceptors (Lipinski definition) is 5. The average Bonchev–Trinajstić information content (AvgIpc) is 3.16. The summed E-state index contributed by atoms with van der Waals surface area (Å²) in [6, 6.07) is 11.8. The van der Waals surface area contributed by atoms with E-state index < -0.39 is 5.25 Å². The number of benzene rings is 2. The molecule has 0 bridgehead atoms. The zero-order valence-corrected chi connectivity index (χ0v) is 18.5. The third-order valence-electron chi connectivity index (χ3n) is 4.44. The number of fused-ring (bicyclic) bond motifs is 1. The summed E-state index contributed by atoms with van der Waals surface area (Å²) in [5, 5.41) is 8.28. The van der Waals surface area contributed by atoms with Crippen molar-refractivity contribution in [2.75, 3.05) is 5.32 Å². The van der Waals surface area contributed by atoms with Crippen molar-refractivity contribution < 1.29 is 9.18 Å². The van der Waals surface area contributed by atoms with Gasteiger partial charge in [-0.15, -0.1) is 0 Å². The second-order valence-corrected chi connectivity index (χ2v) is 8.87. The molecule has 2 aromatic heterocycles. The van der Waals surface area contributed by atoms with Gasteiger partial charge in [-0.3, -0.25) is 4.79 Å². The van der Waals surface area contributed by atoms with Crippen LogP contribution in [0.5, 0.6) is 0 Å². The molecule has 0 spiro atoms. The second kappa shape index (κ2) is 8.53. The third kappa shape index (κ3) is 4.22. The quantitative estimate of drug-likeness (QED) is 0.312. The summed E-state index contributed by atoms with van der Waals surface area (Å²) in [6.07, 6.45) is 3.09. The van der Waals surface area contributed by atoms with Crippen LogP contribution in [0, 0.1) is 12.7 Å². The normalized spacial score (nSPS) is 12.1. The van der Waals surface area contributed by atoms with E-state index in [1.807, 2.05) is 32.0 Å². The highest BCUT2D eigenvalue weighted by atomic mass is 79.9. The van der Waals surface area contributed by atoms with Crippen molar-refractivity contribution in [3.63, 3.8) is 0 Å². The minimum atomic E-state index is -0.398. The minimum absolute atomic E-state index is 0.137. The second-order valence-electron chi connectivity index (χ2n) is 6.68. The van der Waals surface area contributed by atoms with Gasteiger partial charge < -0.3 is 5.32 Å². The van der Waals surface area contributed by atoms with Gasteiger partial charge in [-0.05, 0) is 71.7 Å². The van der Waals surface area contributed by atoms with Gasteiger partial charge in [-0.1, -0.05) is 17.8 Å². The summed E-state index contributed by atoms with van der Waals surface area (Å²) >= 11 is 4.81. The average molecular weight is 486 g/mol. The molecular formula is C21H17BrFN5OS. The molecule has 0 saturated heterocycles. The van der Waals surface area contributed by atoms with Gasteiger partial charge in [0.15, 0.2) is 5.65 Å². The fraction of sp³-hybridized carbons (Fsp3) is 0.143. The van der Waals surface area contributed by atoms with Crippen LogP contribution in [0.1, 0.15) is 12.5 Å². The molecule has 0 saturated carbocycles. The Balaban J connectivity index is 1.56. The van der Waals surface area contributed by atoms with Gasteiger partial charge >= 0.3 is 0 Å². The Kier molecular flexibility index (Phi) is 5.83. The number of rotatable bonds is 5. The number of nitrogens with zero attached hydrogens (tertiary/aromatic N) is 4. The molecule has 2 aromatic carbocycles. The maximum Gasteiger partial charge on any atom is 0.237 e. The number of aryl methyl sites for hydroxylation is 1. The topological polar surface area (TPSA) is 72.7 Å². The third-order valence-corrected chi connectivity index (χ3v) is 6.21. The molecule has 152 valence electrons. The van der Waals surface area contributed by atoms with Crippen LogP contribution >= 0.6 is 27.7 Å². The lowest BCUT2D eigenvalue weighted by Gasteiger charge is -2.13. The molecule has 2 heterocycles. The van der Waals surface area contributed by atoms with Crippen LogP contribution in [0.25, 0.3) is 16.7 Å². The number of carbonyl (C=O) groups excluding carboxylic acids is 1. The number of carbonyl (C=O) groups is 1. The number of aromatic nitrogens is 4. The van der Waals surface area contributed by atoms with Crippen LogP contribution in [0.3, 0.4) is 0 Å². The van der Waals surface area contributed by atoms with Crippen molar-refractivity contribution in [1.82, 2.24) is 19.7 Å². The Morgan fingerprint density at radius 1 is 1.20 bits per heavy atom. The Bertz CT molecular complexity index is 1230. The fourth-order valence-electron chi connectivity index (χ4n) is 2.86. The lowest BCUT2D eigenvalue weighted by atomic mass is 10.2. The molecule has 4 aromatic rings. The van der Waals surface area contributed by atoms with Gasteiger partial charge in [-0.2, -0.15) is 5.10 Å². The van der Waals surface area contributed by atoms with Crippen molar-refractivity contribution in [3.8, 4) is 5.69 Å². The fourth-order valence-corrected chi connectivity index (χ4v) is 4.34. The molecule has 0 fully saturated rings. The first-order valence-corrected chi connectivity index (χ1v) is 10.8. The molecule has 1 amide bonds. The van der Waals surface area contributed by atoms with Crippen LogP contribution in [-0.2, 0) is 4.79 Å². The van der Waals surface area contributed by atoms with E-state index in [1.54, 1.807) is 23.0 Å². The van der Waals surface area contributed by atoms with Crippen LogP contribution < -0.4 is 5.32 Å². The van der Waals surface area contributed by atoms with E-state index in [9.17, 15) is 9.18 Å². The molecule has 0 radical (unpaired) electrons. The smallest absolute Gasteiger partial charge is 0.237 e. The van der Waals surface area contributed by atoms with Crippen molar-refractivity contribution in [1.29, 1.82) is 0 Å². The highest BCUT2D eigenvalue weighted by Crippen LogP contribution is 2.30. The Morgan fingerprint density at radius 3 is 2.70 bits per heavy atom. The van der Waals surface area contributed by atoms with Crippen LogP contribution in [0.4, 0.5) is 10.1 Å². The number of nitrogens with one attached hydrogen (secondary N) is 1. The molecule has 0 aliphatic rings. The van der Waals surface area contributed by atoms with E-state index in [-0.39, 0.29) is 11.7 Å². The summed E-state index contributed by atoms with van der Waals surface area (Å²) in [4.78, 5) is 21.3. The summed E-state index contributed by atoms with van der Waals surface area (Å²) in [5.74, 6) is -0.455. The maximum absolute atomic E-state index is 13.2. The predicted octanol–water partition coefficient (Wildman–Crippen LogP) is 5.14. The van der Waals surface area contributed by atoms with Gasteiger partial charge in [0.05, 0.1) is 28.2 Å². The van der Waals surface area contributed by atoms with Crippen LogP contribution in [-0.4, -0.2) is 30.9 Å². The van der Waals surface area contributed by atoms with E-state index in [0.717, 1.165) is 21.1 Å².